The van der Waals surface area contributed by atoms with Crippen LogP contribution in [-0.2, 0) is 9.53 Å². The maximum atomic E-state index is 10.2. The van der Waals surface area contributed by atoms with Gasteiger partial charge in [0.25, 0.3) is 0 Å². The Labute approximate surface area is 42.6 Å². The second kappa shape index (κ2) is 1.41. The maximum Gasteiger partial charge on any atom is 0.323 e. The van der Waals surface area contributed by atoms with Crippen LogP contribution in [0.5, 0.6) is 0 Å². The van der Waals surface area contributed by atoms with E-state index in [1.807, 2.05) is 0 Å². The Morgan fingerprint density at radius 1 is 1.86 bits per heavy atom. The Bertz CT molecular complexity index is 128. The minimum absolute atomic E-state index is 0.222. The van der Waals surface area contributed by atoms with Crippen molar-refractivity contribution in [3.8, 4) is 0 Å². The first-order valence-corrected chi connectivity index (χ1v) is 1.93. The van der Waals surface area contributed by atoms with E-state index in [0.29, 0.717) is 6.61 Å². The van der Waals surface area contributed by atoms with Gasteiger partial charge in [-0.1, -0.05) is 0 Å². The molecule has 2 radical (unpaired) electrons. The van der Waals surface area contributed by atoms with E-state index in [4.69, 9.17) is 7.85 Å². The quantitative estimate of drug-likeness (QED) is 0.301. The summed E-state index contributed by atoms with van der Waals surface area (Å²) >= 11 is 0. The van der Waals surface area contributed by atoms with Crippen LogP contribution in [0.4, 0.5) is 0 Å². The van der Waals surface area contributed by atoms with Gasteiger partial charge in [0.2, 0.25) is 0 Å². The van der Waals surface area contributed by atoms with Crippen LogP contribution in [0.2, 0.25) is 0 Å². The van der Waals surface area contributed by atoms with Gasteiger partial charge < -0.3 is 4.74 Å². The molecule has 0 fully saturated rings. The molecule has 1 aliphatic heterocycles. The fourth-order valence-electron chi connectivity index (χ4n) is 0.374. The van der Waals surface area contributed by atoms with Crippen LogP contribution >= 0.6 is 0 Å². The number of carbonyl (C=O) groups excluding carboxylic acids is 1. The van der Waals surface area contributed by atoms with E-state index in [-0.39, 0.29) is 5.47 Å². The lowest BCUT2D eigenvalue weighted by Crippen LogP contribution is -1.97. The first-order valence-electron chi connectivity index (χ1n) is 1.93. The third kappa shape index (κ3) is 0.658. The predicted molar refractivity (Wildman–Crippen MR) is 24.8 cm³/mol. The van der Waals surface area contributed by atoms with E-state index in [9.17, 15) is 4.79 Å². The first kappa shape index (κ1) is 4.43. The lowest BCUT2D eigenvalue weighted by Gasteiger charge is -1.86. The van der Waals surface area contributed by atoms with Crippen LogP contribution in [0.3, 0.4) is 0 Å². The zero-order chi connectivity index (χ0) is 5.28. The summed E-state index contributed by atoms with van der Waals surface area (Å²) in [6.45, 7) is 0.338. The highest BCUT2D eigenvalue weighted by Gasteiger charge is 2.08. The second-order valence-electron chi connectivity index (χ2n) is 1.26. The summed E-state index contributed by atoms with van der Waals surface area (Å²) in [5.74, 6) is -0.403. The van der Waals surface area contributed by atoms with Gasteiger partial charge in [-0.3, -0.25) is 0 Å². The van der Waals surface area contributed by atoms with E-state index in [0.717, 1.165) is 0 Å². The van der Waals surface area contributed by atoms with E-state index in [1.165, 1.54) is 0 Å². The van der Waals surface area contributed by atoms with Gasteiger partial charge in [-0.2, -0.15) is 0 Å². The third-order valence-corrected chi connectivity index (χ3v) is 0.753. The standard InChI is InChI=1S/C4H3BO2/c5-3-1-2-7-4(3)6/h1H,2H2. The molecular weight excluding hydrogens is 90.9 g/mol. The molecule has 0 unspecified atom stereocenters. The van der Waals surface area contributed by atoms with Crippen molar-refractivity contribution >= 4 is 13.8 Å². The molecule has 0 atom stereocenters. The highest BCUT2D eigenvalue weighted by atomic mass is 16.5. The van der Waals surface area contributed by atoms with Crippen LogP contribution in [0.1, 0.15) is 0 Å². The Kier molecular flexibility index (Phi) is 0.892. The molecule has 0 aromatic heterocycles. The molecule has 3 heteroatoms. The second-order valence-corrected chi connectivity index (χ2v) is 1.26. The SMILES string of the molecule is [B]C1=CCOC1=O. The lowest BCUT2D eigenvalue weighted by molar-refractivity contribution is -0.135. The van der Waals surface area contributed by atoms with Crippen molar-refractivity contribution < 1.29 is 9.53 Å². The van der Waals surface area contributed by atoms with Gasteiger partial charge in [0, 0.05) is 0 Å². The Hall–Kier alpha value is -0.725. The molecule has 0 aliphatic carbocycles. The van der Waals surface area contributed by atoms with Crippen LogP contribution in [-0.4, -0.2) is 20.4 Å². The Balaban J connectivity index is 2.72. The van der Waals surface area contributed by atoms with Gasteiger partial charge in [-0.15, -0.1) is 0 Å². The van der Waals surface area contributed by atoms with Gasteiger partial charge in [-0.25, -0.2) is 4.79 Å². The number of rotatable bonds is 0. The lowest BCUT2D eigenvalue weighted by atomic mass is 9.97. The van der Waals surface area contributed by atoms with E-state index < -0.39 is 5.97 Å². The minimum Gasteiger partial charge on any atom is -0.459 e. The molecular formula is C4H3BO2. The van der Waals surface area contributed by atoms with Gasteiger partial charge in [0.1, 0.15) is 14.5 Å². The molecule has 2 nitrogen and oxygen atoms in total. The highest BCUT2D eigenvalue weighted by Crippen LogP contribution is 1.99. The fraction of sp³-hybridized carbons (Fsp3) is 0.250. The summed E-state index contributed by atoms with van der Waals surface area (Å²) in [4.78, 5) is 10.2. The number of cyclic esters (lactones) is 1. The predicted octanol–water partition coefficient (Wildman–Crippen LogP) is -0.404. The number of carbonyl (C=O) groups is 1. The highest BCUT2D eigenvalue weighted by molar-refractivity contribution is 6.35. The third-order valence-electron chi connectivity index (χ3n) is 0.753. The summed E-state index contributed by atoms with van der Waals surface area (Å²) in [6.07, 6.45) is 1.54. The van der Waals surface area contributed by atoms with Crippen LogP contribution < -0.4 is 0 Å². The van der Waals surface area contributed by atoms with Gasteiger partial charge in [0.15, 0.2) is 0 Å². The molecule has 0 aromatic rings. The fourth-order valence-corrected chi connectivity index (χ4v) is 0.374. The average molecular weight is 93.9 g/mol. The topological polar surface area (TPSA) is 26.3 Å². The molecule has 1 heterocycles. The van der Waals surface area contributed by atoms with Crippen LogP contribution in [0, 0.1) is 0 Å². The summed E-state index contributed by atoms with van der Waals surface area (Å²) < 4.78 is 4.41. The maximum absolute atomic E-state index is 10.2. The van der Waals surface area contributed by atoms with Crippen molar-refractivity contribution in [2.24, 2.45) is 0 Å². The monoisotopic (exact) mass is 94.0 g/mol. The van der Waals surface area contributed by atoms with Gasteiger partial charge >= 0.3 is 5.97 Å². The molecule has 0 bridgehead atoms. The van der Waals surface area contributed by atoms with Gasteiger partial charge in [-0.05, 0) is 11.5 Å². The molecule has 0 spiro atoms. The number of hydrogen-bond donors (Lipinski definition) is 0. The van der Waals surface area contributed by atoms with Crippen molar-refractivity contribution in [3.63, 3.8) is 0 Å². The molecule has 34 valence electrons. The largest absolute Gasteiger partial charge is 0.459 e. The molecule has 1 aliphatic rings. The van der Waals surface area contributed by atoms with E-state index >= 15 is 0 Å². The smallest absolute Gasteiger partial charge is 0.323 e. The van der Waals surface area contributed by atoms with E-state index in [2.05, 4.69) is 4.74 Å². The van der Waals surface area contributed by atoms with Crippen molar-refractivity contribution in [3.05, 3.63) is 11.5 Å². The van der Waals surface area contributed by atoms with E-state index in [1.54, 1.807) is 6.08 Å². The average Bonchev–Trinajstić information content (AvgIpc) is 1.91. The molecule has 0 saturated heterocycles. The molecule has 0 saturated carbocycles. The number of hydrogen-bond acceptors (Lipinski definition) is 2. The number of ether oxygens (including phenoxy) is 1. The first-order chi connectivity index (χ1) is 3.30. The minimum atomic E-state index is -0.403. The zero-order valence-corrected chi connectivity index (χ0v) is 3.68. The molecule has 0 N–H and O–H groups in total. The van der Waals surface area contributed by atoms with Crippen molar-refractivity contribution in [2.45, 2.75) is 0 Å². The zero-order valence-electron chi connectivity index (χ0n) is 3.68. The number of esters is 1. The Morgan fingerprint density at radius 2 is 2.57 bits per heavy atom. The summed E-state index contributed by atoms with van der Waals surface area (Å²) in [5.41, 5.74) is 0.222. The summed E-state index contributed by atoms with van der Waals surface area (Å²) in [5, 5.41) is 0. The van der Waals surface area contributed by atoms with Crippen molar-refractivity contribution in [1.82, 2.24) is 0 Å². The van der Waals surface area contributed by atoms with Crippen molar-refractivity contribution in [1.29, 1.82) is 0 Å². The summed E-state index contributed by atoms with van der Waals surface area (Å²) in [6, 6.07) is 0. The molecule has 0 aromatic carbocycles. The molecule has 0 amide bonds. The van der Waals surface area contributed by atoms with Crippen molar-refractivity contribution in [2.75, 3.05) is 6.61 Å². The van der Waals surface area contributed by atoms with Crippen LogP contribution in [0.15, 0.2) is 11.5 Å². The Morgan fingerprint density at radius 3 is 2.71 bits per heavy atom. The van der Waals surface area contributed by atoms with Crippen LogP contribution in [0.25, 0.3) is 0 Å². The normalized spacial score (nSPS) is 18.9. The summed E-state index contributed by atoms with van der Waals surface area (Å²) in [7, 11) is 5.06. The molecule has 1 rings (SSSR count). The molecule has 7 heavy (non-hydrogen) atoms. The van der Waals surface area contributed by atoms with Gasteiger partial charge in [0.05, 0.1) is 0 Å².